The molecule has 4 rings (SSSR count). The van der Waals surface area contributed by atoms with E-state index in [2.05, 4.69) is 14.9 Å². The quantitative estimate of drug-likeness (QED) is 0.901. The number of oxime groups is 1. The first-order valence-electron chi connectivity index (χ1n) is 8.37. The Kier molecular flexibility index (Phi) is 4.03. The minimum Gasteiger partial charge on any atom is -0.382 e. The molecule has 0 radical (unpaired) electrons. The number of aryl methyl sites for hydroxylation is 2. The molecular formula is C19H19N3O3S. The van der Waals surface area contributed by atoms with Crippen LogP contribution in [-0.4, -0.2) is 31.3 Å². The van der Waals surface area contributed by atoms with E-state index >= 15 is 0 Å². The number of nitrogens with zero attached hydrogens (tertiary/aromatic N) is 2. The Balaban J connectivity index is 1.67. The van der Waals surface area contributed by atoms with Crippen molar-refractivity contribution >= 4 is 21.6 Å². The van der Waals surface area contributed by atoms with Crippen molar-refractivity contribution in [1.82, 2.24) is 4.72 Å². The van der Waals surface area contributed by atoms with Crippen molar-refractivity contribution in [1.29, 1.82) is 0 Å². The fourth-order valence-electron chi connectivity index (χ4n) is 3.42. The summed E-state index contributed by atoms with van der Waals surface area (Å²) in [6.07, 6.45) is -0.724. The van der Waals surface area contributed by atoms with Gasteiger partial charge in [-0.1, -0.05) is 53.7 Å². The topological polar surface area (TPSA) is 80.1 Å². The van der Waals surface area contributed by atoms with E-state index in [4.69, 9.17) is 4.84 Å². The van der Waals surface area contributed by atoms with Gasteiger partial charge in [0.25, 0.3) is 0 Å². The number of sulfonamides is 1. The number of amidine groups is 1. The fraction of sp³-hybridized carbons (Fsp3) is 0.263. The van der Waals surface area contributed by atoms with Crippen LogP contribution in [0.3, 0.4) is 0 Å². The van der Waals surface area contributed by atoms with E-state index < -0.39 is 21.4 Å². The molecular weight excluding hydrogens is 350 g/mol. The molecule has 134 valence electrons. The minimum atomic E-state index is -3.64. The van der Waals surface area contributed by atoms with Gasteiger partial charge in [-0.2, -0.15) is 0 Å². The molecule has 2 aromatic carbocycles. The highest BCUT2D eigenvalue weighted by Crippen LogP contribution is 2.31. The summed E-state index contributed by atoms with van der Waals surface area (Å²) in [7, 11) is -3.64. The number of hydrogen-bond donors (Lipinski definition) is 1. The van der Waals surface area contributed by atoms with Gasteiger partial charge in [0.2, 0.25) is 16.1 Å². The first-order chi connectivity index (χ1) is 12.5. The average Bonchev–Trinajstić information content (AvgIpc) is 3.14. The van der Waals surface area contributed by atoms with Gasteiger partial charge in [0.05, 0.1) is 6.54 Å². The standard InChI is InChI=1S/C19H19N3O3S/c1-12-7-6-8-13(2)15(12)16-18-17(25-21-16)19(22-26(18,23)24)20-11-14-9-4-3-5-10-14/h3-10,17-18H,11H2,1-2H3,(H,20,22). The van der Waals surface area contributed by atoms with E-state index in [1.165, 1.54) is 0 Å². The molecule has 1 fully saturated rings. The van der Waals surface area contributed by atoms with Crippen LogP contribution < -0.4 is 4.72 Å². The van der Waals surface area contributed by atoms with Crippen molar-refractivity contribution in [3.05, 3.63) is 70.8 Å². The van der Waals surface area contributed by atoms with E-state index in [0.717, 1.165) is 22.3 Å². The zero-order valence-electron chi connectivity index (χ0n) is 14.5. The minimum absolute atomic E-state index is 0.309. The Morgan fingerprint density at radius 2 is 1.77 bits per heavy atom. The van der Waals surface area contributed by atoms with Crippen molar-refractivity contribution in [3.8, 4) is 0 Å². The number of rotatable bonds is 3. The monoisotopic (exact) mass is 369 g/mol. The molecule has 1 N–H and O–H groups in total. The van der Waals surface area contributed by atoms with Gasteiger partial charge in [0.15, 0.2) is 11.1 Å². The lowest BCUT2D eigenvalue weighted by Crippen LogP contribution is -2.34. The summed E-state index contributed by atoms with van der Waals surface area (Å²) in [5, 5.41) is 3.25. The summed E-state index contributed by atoms with van der Waals surface area (Å²) in [5.41, 5.74) is 4.21. The van der Waals surface area contributed by atoms with Gasteiger partial charge in [-0.3, -0.25) is 9.71 Å². The number of benzene rings is 2. The van der Waals surface area contributed by atoms with Gasteiger partial charge in [0.1, 0.15) is 5.71 Å². The van der Waals surface area contributed by atoms with Crippen LogP contribution in [0.1, 0.15) is 22.3 Å². The predicted octanol–water partition coefficient (Wildman–Crippen LogP) is 2.31. The molecule has 6 nitrogen and oxygen atoms in total. The van der Waals surface area contributed by atoms with Crippen molar-refractivity contribution in [3.63, 3.8) is 0 Å². The Hall–Kier alpha value is -2.67. The molecule has 0 bridgehead atoms. The van der Waals surface area contributed by atoms with Crippen LogP contribution in [-0.2, 0) is 21.4 Å². The molecule has 0 aromatic heterocycles. The largest absolute Gasteiger partial charge is 0.382 e. The zero-order chi connectivity index (χ0) is 18.3. The molecule has 2 aliphatic rings. The molecule has 1 saturated heterocycles. The third kappa shape index (κ3) is 2.78. The number of hydrogen-bond acceptors (Lipinski definition) is 5. The molecule has 2 aliphatic heterocycles. The summed E-state index contributed by atoms with van der Waals surface area (Å²) in [4.78, 5) is 9.94. The average molecular weight is 369 g/mol. The molecule has 0 aliphatic carbocycles. The maximum atomic E-state index is 12.7. The van der Waals surface area contributed by atoms with Gasteiger partial charge in [-0.15, -0.1) is 0 Å². The SMILES string of the molecule is Cc1cccc(C)c1C1=NOC2C(=NCc3ccccc3)NS(=O)(=O)C12. The van der Waals surface area contributed by atoms with E-state index in [1.54, 1.807) is 0 Å². The Morgan fingerprint density at radius 1 is 1.08 bits per heavy atom. The van der Waals surface area contributed by atoms with Gasteiger partial charge in [-0.05, 0) is 30.5 Å². The highest BCUT2D eigenvalue weighted by molar-refractivity contribution is 7.92. The van der Waals surface area contributed by atoms with Crippen LogP contribution in [0.15, 0.2) is 58.7 Å². The summed E-state index contributed by atoms with van der Waals surface area (Å²) in [5.74, 6) is 0.309. The molecule has 2 unspecified atom stereocenters. The lowest BCUT2D eigenvalue weighted by molar-refractivity contribution is 0.135. The van der Waals surface area contributed by atoms with Crippen LogP contribution in [0, 0.1) is 13.8 Å². The molecule has 2 atom stereocenters. The van der Waals surface area contributed by atoms with Crippen LogP contribution in [0.2, 0.25) is 0 Å². The third-order valence-corrected chi connectivity index (χ3v) is 6.30. The van der Waals surface area contributed by atoms with E-state index in [9.17, 15) is 8.42 Å². The Morgan fingerprint density at radius 3 is 2.46 bits per heavy atom. The second kappa shape index (κ2) is 6.25. The third-order valence-electron chi connectivity index (χ3n) is 4.67. The molecule has 0 saturated carbocycles. The Labute approximate surface area is 152 Å². The normalized spacial score (nSPS) is 24.7. The summed E-state index contributed by atoms with van der Waals surface area (Å²) in [6, 6.07) is 15.5. The summed E-state index contributed by atoms with van der Waals surface area (Å²) in [6.45, 7) is 4.26. The molecule has 7 heteroatoms. The fourth-order valence-corrected chi connectivity index (χ4v) is 4.98. The highest BCUT2D eigenvalue weighted by Gasteiger charge is 2.54. The predicted molar refractivity (Wildman–Crippen MR) is 101 cm³/mol. The van der Waals surface area contributed by atoms with Gasteiger partial charge in [-0.25, -0.2) is 8.42 Å². The van der Waals surface area contributed by atoms with Crippen LogP contribution in [0.5, 0.6) is 0 Å². The van der Waals surface area contributed by atoms with Crippen LogP contribution in [0.25, 0.3) is 0 Å². The van der Waals surface area contributed by atoms with E-state index in [1.807, 2.05) is 62.4 Å². The number of nitrogens with one attached hydrogen (secondary N) is 1. The van der Waals surface area contributed by atoms with Gasteiger partial charge in [0, 0.05) is 5.56 Å². The maximum Gasteiger partial charge on any atom is 0.246 e. The maximum absolute atomic E-state index is 12.7. The molecule has 2 aromatic rings. The van der Waals surface area contributed by atoms with E-state index in [-0.39, 0.29) is 0 Å². The second-order valence-electron chi connectivity index (χ2n) is 6.52. The van der Waals surface area contributed by atoms with Crippen molar-refractivity contribution in [2.75, 3.05) is 0 Å². The summed E-state index contributed by atoms with van der Waals surface area (Å²) >= 11 is 0. The lowest BCUT2D eigenvalue weighted by atomic mass is 9.95. The number of fused-ring (bicyclic) bond motifs is 1. The first kappa shape index (κ1) is 16.8. The first-order valence-corrected chi connectivity index (χ1v) is 9.92. The van der Waals surface area contributed by atoms with Gasteiger partial charge < -0.3 is 4.84 Å². The van der Waals surface area contributed by atoms with Crippen molar-refractivity contribution in [2.24, 2.45) is 10.1 Å². The molecule has 2 heterocycles. The molecule has 0 spiro atoms. The Bertz CT molecular complexity index is 993. The smallest absolute Gasteiger partial charge is 0.246 e. The van der Waals surface area contributed by atoms with Crippen LogP contribution >= 0.6 is 0 Å². The van der Waals surface area contributed by atoms with E-state index in [0.29, 0.717) is 18.1 Å². The zero-order valence-corrected chi connectivity index (χ0v) is 15.3. The van der Waals surface area contributed by atoms with Crippen molar-refractivity contribution < 1.29 is 13.3 Å². The summed E-state index contributed by atoms with van der Waals surface area (Å²) < 4.78 is 28.0. The second-order valence-corrected chi connectivity index (χ2v) is 8.33. The molecule has 26 heavy (non-hydrogen) atoms. The van der Waals surface area contributed by atoms with Crippen molar-refractivity contribution in [2.45, 2.75) is 31.7 Å². The highest BCUT2D eigenvalue weighted by atomic mass is 32.2. The van der Waals surface area contributed by atoms with Gasteiger partial charge >= 0.3 is 0 Å². The number of aliphatic imine (C=N–C) groups is 1. The molecule has 0 amide bonds. The lowest BCUT2D eigenvalue weighted by Gasteiger charge is -2.12. The van der Waals surface area contributed by atoms with Crippen LogP contribution in [0.4, 0.5) is 0 Å².